The molecule has 2 aliphatic carbocycles. The van der Waals surface area contributed by atoms with Gasteiger partial charge in [-0.3, -0.25) is 9.59 Å². The molecular formula is C28H32F3N5O5. The SMILES string of the molecule is CC(C)(O)COc1ccc2c(C(=O)N[C@H]3CC4(C3)C[C@H](Oc3ncccc3C(N)=O)C4)cnn2c1CCC(F)(F)F. The Bertz CT molecular complexity index is 1450. The second-order valence-electron chi connectivity index (χ2n) is 11.7. The molecule has 0 radical (unpaired) electrons. The van der Waals surface area contributed by atoms with E-state index in [1.165, 1.54) is 36.8 Å². The van der Waals surface area contributed by atoms with Crippen molar-refractivity contribution in [3.8, 4) is 11.6 Å². The smallest absolute Gasteiger partial charge is 0.389 e. The standard InChI is InChI=1S/C28H32F3N5O5/c1-26(2,39)15-40-22-6-5-20-19(14-34-36(20)21(22)7-8-28(29,30)31)24(38)35-16-10-27(11-16)12-17(13-27)41-25-18(23(32)37)4-3-9-33-25/h3-6,9,14,16-17,39H,7-8,10-13,15H2,1-2H3,(H2,32,37)(H,35,38)/t16-,17-,27?. The maximum Gasteiger partial charge on any atom is 0.389 e. The first-order valence-corrected chi connectivity index (χ1v) is 13.4. The Kier molecular flexibility index (Phi) is 7.35. The maximum absolute atomic E-state index is 13.1. The number of hydrogen-bond donors (Lipinski definition) is 3. The Morgan fingerprint density at radius 1 is 1.17 bits per heavy atom. The van der Waals surface area contributed by atoms with Crippen LogP contribution < -0.4 is 20.5 Å². The molecule has 3 aromatic rings. The predicted molar refractivity (Wildman–Crippen MR) is 141 cm³/mol. The van der Waals surface area contributed by atoms with Gasteiger partial charge in [0.1, 0.15) is 24.0 Å². The number of fused-ring (bicyclic) bond motifs is 1. The molecule has 4 N–H and O–H groups in total. The number of carbonyl (C=O) groups excluding carboxylic acids is 2. The molecule has 2 amide bonds. The molecule has 0 aromatic carbocycles. The highest BCUT2D eigenvalue weighted by molar-refractivity contribution is 6.01. The highest BCUT2D eigenvalue weighted by Crippen LogP contribution is 2.56. The van der Waals surface area contributed by atoms with Gasteiger partial charge in [0.2, 0.25) is 5.88 Å². The summed E-state index contributed by atoms with van der Waals surface area (Å²) in [7, 11) is 0. The number of carbonyl (C=O) groups is 2. The van der Waals surface area contributed by atoms with Crippen molar-refractivity contribution in [2.75, 3.05) is 6.61 Å². The summed E-state index contributed by atoms with van der Waals surface area (Å²) >= 11 is 0. The van der Waals surface area contributed by atoms with Gasteiger partial charge in [-0.1, -0.05) is 0 Å². The van der Waals surface area contributed by atoms with E-state index < -0.39 is 30.5 Å². The highest BCUT2D eigenvalue weighted by Gasteiger charge is 2.54. The molecule has 1 spiro atoms. The van der Waals surface area contributed by atoms with E-state index in [0.29, 0.717) is 5.52 Å². The summed E-state index contributed by atoms with van der Waals surface area (Å²) in [6.45, 7) is 2.92. The molecule has 0 unspecified atom stereocenters. The summed E-state index contributed by atoms with van der Waals surface area (Å²) in [4.78, 5) is 28.8. The van der Waals surface area contributed by atoms with Crippen molar-refractivity contribution in [1.29, 1.82) is 0 Å². The molecule has 13 heteroatoms. The number of hydrogen-bond acceptors (Lipinski definition) is 7. The van der Waals surface area contributed by atoms with Gasteiger partial charge in [-0.25, -0.2) is 9.50 Å². The monoisotopic (exact) mass is 575 g/mol. The number of amides is 2. The van der Waals surface area contributed by atoms with E-state index in [0.717, 1.165) is 25.7 Å². The van der Waals surface area contributed by atoms with Crippen LogP contribution in [0.25, 0.3) is 5.52 Å². The van der Waals surface area contributed by atoms with Gasteiger partial charge in [0.05, 0.1) is 28.6 Å². The van der Waals surface area contributed by atoms with Crippen LogP contribution in [0.3, 0.4) is 0 Å². The van der Waals surface area contributed by atoms with Gasteiger partial charge in [-0.05, 0) is 69.2 Å². The summed E-state index contributed by atoms with van der Waals surface area (Å²) < 4.78 is 52.0. The topological polar surface area (TPSA) is 141 Å². The van der Waals surface area contributed by atoms with Crippen molar-refractivity contribution in [3.05, 3.63) is 53.5 Å². The summed E-state index contributed by atoms with van der Waals surface area (Å²) in [6.07, 6.45) is -0.0614. The lowest BCUT2D eigenvalue weighted by Gasteiger charge is -2.57. The average molecular weight is 576 g/mol. The number of halogens is 3. The number of nitrogens with two attached hydrogens (primary N) is 1. The molecule has 2 saturated carbocycles. The van der Waals surface area contributed by atoms with Gasteiger partial charge in [0.15, 0.2) is 0 Å². The van der Waals surface area contributed by atoms with Gasteiger partial charge in [-0.15, -0.1) is 0 Å². The Morgan fingerprint density at radius 3 is 2.56 bits per heavy atom. The minimum Gasteiger partial charge on any atom is -0.489 e. The Labute approximate surface area is 234 Å². The molecule has 2 fully saturated rings. The zero-order valence-corrected chi connectivity index (χ0v) is 22.7. The van der Waals surface area contributed by atoms with Crippen LogP contribution in [0.4, 0.5) is 13.2 Å². The third kappa shape index (κ3) is 6.39. The number of aryl methyl sites for hydroxylation is 1. The number of nitrogens with zero attached hydrogens (tertiary/aromatic N) is 3. The number of primary amides is 1. The number of ether oxygens (including phenoxy) is 2. The first-order chi connectivity index (χ1) is 19.2. The summed E-state index contributed by atoms with van der Waals surface area (Å²) in [5.41, 5.74) is 5.25. The number of pyridine rings is 2. The molecule has 10 nitrogen and oxygen atoms in total. The van der Waals surface area contributed by atoms with Crippen LogP contribution in [0.1, 0.15) is 72.4 Å². The van der Waals surface area contributed by atoms with E-state index in [9.17, 15) is 27.9 Å². The van der Waals surface area contributed by atoms with Gasteiger partial charge in [0.25, 0.3) is 11.8 Å². The Balaban J connectivity index is 1.21. The number of aliphatic hydroxyl groups is 1. The van der Waals surface area contributed by atoms with Crippen LogP contribution in [0.5, 0.6) is 11.6 Å². The highest BCUT2D eigenvalue weighted by atomic mass is 19.4. The third-order valence-corrected chi connectivity index (χ3v) is 7.54. The summed E-state index contributed by atoms with van der Waals surface area (Å²) in [6, 6.07) is 6.20. The molecule has 2 aliphatic rings. The number of nitrogens with one attached hydrogen (secondary N) is 1. The fraction of sp³-hybridized carbons (Fsp3) is 0.500. The normalized spacial score (nSPS) is 22.2. The molecule has 5 rings (SSSR count). The van der Waals surface area contributed by atoms with Gasteiger partial charge < -0.3 is 25.6 Å². The Morgan fingerprint density at radius 2 is 1.90 bits per heavy atom. The molecule has 3 heterocycles. The summed E-state index contributed by atoms with van der Waals surface area (Å²) in [5, 5.41) is 17.2. The quantitative estimate of drug-likeness (QED) is 0.336. The van der Waals surface area contributed by atoms with Gasteiger partial charge in [-0.2, -0.15) is 18.3 Å². The largest absolute Gasteiger partial charge is 0.489 e. The van der Waals surface area contributed by atoms with Crippen LogP contribution in [-0.4, -0.2) is 62.0 Å². The van der Waals surface area contributed by atoms with Crippen LogP contribution in [0, 0.1) is 5.41 Å². The van der Waals surface area contributed by atoms with E-state index in [1.807, 2.05) is 0 Å². The minimum absolute atomic E-state index is 0.0445. The predicted octanol–water partition coefficient (Wildman–Crippen LogP) is 3.59. The lowest BCUT2D eigenvalue weighted by molar-refractivity contribution is -0.134. The molecule has 220 valence electrons. The van der Waals surface area contributed by atoms with Crippen LogP contribution in [0.2, 0.25) is 0 Å². The van der Waals surface area contributed by atoms with E-state index >= 15 is 0 Å². The Hall–Kier alpha value is -3.87. The molecular weight excluding hydrogens is 543 g/mol. The first-order valence-electron chi connectivity index (χ1n) is 13.4. The van der Waals surface area contributed by atoms with Gasteiger partial charge in [0, 0.05) is 25.1 Å². The first kappa shape index (κ1) is 28.7. The molecule has 0 saturated heterocycles. The van der Waals surface area contributed by atoms with Crippen molar-refractivity contribution >= 4 is 17.3 Å². The number of aromatic nitrogens is 3. The van der Waals surface area contributed by atoms with Crippen molar-refractivity contribution in [2.24, 2.45) is 11.1 Å². The maximum atomic E-state index is 13.1. The van der Waals surface area contributed by atoms with Crippen LogP contribution in [0.15, 0.2) is 36.7 Å². The van der Waals surface area contributed by atoms with E-state index in [4.69, 9.17) is 15.2 Å². The zero-order valence-electron chi connectivity index (χ0n) is 22.7. The van der Waals surface area contributed by atoms with Crippen molar-refractivity contribution < 1.29 is 37.3 Å². The van der Waals surface area contributed by atoms with Crippen molar-refractivity contribution in [1.82, 2.24) is 19.9 Å². The molecule has 41 heavy (non-hydrogen) atoms. The molecule has 0 atom stereocenters. The zero-order chi connectivity index (χ0) is 29.6. The lowest BCUT2D eigenvalue weighted by Crippen LogP contribution is -2.58. The molecule has 0 bridgehead atoms. The van der Waals surface area contributed by atoms with Gasteiger partial charge >= 0.3 is 6.18 Å². The summed E-state index contributed by atoms with van der Waals surface area (Å²) in [5.74, 6) is -0.583. The second kappa shape index (κ2) is 10.5. The number of alkyl halides is 3. The minimum atomic E-state index is -4.39. The molecule has 0 aliphatic heterocycles. The lowest BCUT2D eigenvalue weighted by atomic mass is 9.53. The van der Waals surface area contributed by atoms with E-state index in [2.05, 4.69) is 15.4 Å². The van der Waals surface area contributed by atoms with Crippen molar-refractivity contribution in [3.63, 3.8) is 0 Å². The second-order valence-corrected chi connectivity index (χ2v) is 11.7. The van der Waals surface area contributed by atoms with Crippen molar-refractivity contribution in [2.45, 2.75) is 76.3 Å². The van der Waals surface area contributed by atoms with E-state index in [1.54, 1.807) is 18.2 Å². The number of rotatable bonds is 10. The fourth-order valence-electron chi connectivity index (χ4n) is 5.64. The fourth-order valence-corrected chi connectivity index (χ4v) is 5.64. The third-order valence-electron chi connectivity index (χ3n) is 7.54. The average Bonchev–Trinajstić information content (AvgIpc) is 3.27. The molecule has 3 aromatic heterocycles. The van der Waals surface area contributed by atoms with Crippen LogP contribution >= 0.6 is 0 Å². The van der Waals surface area contributed by atoms with E-state index in [-0.39, 0.29) is 58.5 Å². The van der Waals surface area contributed by atoms with Crippen LogP contribution in [-0.2, 0) is 6.42 Å².